The van der Waals surface area contributed by atoms with Gasteiger partial charge in [-0.15, -0.1) is 19.8 Å². The zero-order valence-corrected chi connectivity index (χ0v) is 11.0. The molecule has 0 aliphatic heterocycles. The van der Waals surface area contributed by atoms with E-state index in [1.807, 2.05) is 19.9 Å². The van der Waals surface area contributed by atoms with Crippen LogP contribution in [0.15, 0.2) is 36.9 Å². The first kappa shape index (κ1) is 15.6. The number of hydrogen-bond donors (Lipinski definition) is 1. The van der Waals surface area contributed by atoms with Crippen molar-refractivity contribution in [2.75, 3.05) is 0 Å². The van der Waals surface area contributed by atoms with Crippen LogP contribution in [0.25, 0.3) is 0 Å². The molecule has 0 heterocycles. The van der Waals surface area contributed by atoms with Crippen LogP contribution in [0.1, 0.15) is 31.9 Å². The molecule has 0 aliphatic carbocycles. The average molecular weight is 273 g/mol. The number of ether oxygens (including phenoxy) is 1. The maximum atomic E-state index is 12.0. The van der Waals surface area contributed by atoms with Crippen molar-refractivity contribution in [3.8, 4) is 5.75 Å². The summed E-state index contributed by atoms with van der Waals surface area (Å²) in [4.78, 5) is 0. The Bertz CT molecular complexity index is 400. The van der Waals surface area contributed by atoms with Gasteiger partial charge in [-0.2, -0.15) is 0 Å². The van der Waals surface area contributed by atoms with Crippen molar-refractivity contribution in [2.45, 2.75) is 38.7 Å². The molecule has 0 radical (unpaired) electrons. The summed E-state index contributed by atoms with van der Waals surface area (Å²) in [6, 6.07) is 6.20. The van der Waals surface area contributed by atoms with Gasteiger partial charge in [-0.1, -0.05) is 18.2 Å². The summed E-state index contributed by atoms with van der Waals surface area (Å²) in [7, 11) is 0. The molecule has 0 aliphatic rings. The third-order valence-corrected chi connectivity index (χ3v) is 2.67. The van der Waals surface area contributed by atoms with Crippen molar-refractivity contribution in [1.29, 1.82) is 0 Å². The van der Waals surface area contributed by atoms with Crippen LogP contribution in [0, 0.1) is 0 Å². The lowest BCUT2D eigenvalue weighted by atomic mass is 10.1. The van der Waals surface area contributed by atoms with Gasteiger partial charge < -0.3 is 10.1 Å². The first-order valence-corrected chi connectivity index (χ1v) is 6.04. The van der Waals surface area contributed by atoms with Gasteiger partial charge in [0.05, 0.1) is 0 Å². The molecule has 0 amide bonds. The Morgan fingerprint density at radius 3 is 2.32 bits per heavy atom. The van der Waals surface area contributed by atoms with Crippen LogP contribution < -0.4 is 10.1 Å². The Kier molecular flexibility index (Phi) is 5.42. The minimum atomic E-state index is -4.65. The van der Waals surface area contributed by atoms with Crippen LogP contribution >= 0.6 is 0 Å². The van der Waals surface area contributed by atoms with Crippen molar-refractivity contribution in [3.05, 3.63) is 42.5 Å². The fourth-order valence-corrected chi connectivity index (χ4v) is 1.80. The molecule has 0 saturated carbocycles. The van der Waals surface area contributed by atoms with Gasteiger partial charge in [0, 0.05) is 12.1 Å². The molecule has 106 valence electrons. The predicted octanol–water partition coefficient (Wildman–Crippen LogP) is 4.20. The van der Waals surface area contributed by atoms with Gasteiger partial charge in [0.15, 0.2) is 0 Å². The Balaban J connectivity index is 2.62. The van der Waals surface area contributed by atoms with Gasteiger partial charge in [-0.25, -0.2) is 0 Å². The van der Waals surface area contributed by atoms with E-state index in [9.17, 15) is 13.2 Å². The second-order valence-corrected chi connectivity index (χ2v) is 4.43. The van der Waals surface area contributed by atoms with E-state index in [1.54, 1.807) is 12.1 Å². The second-order valence-electron chi connectivity index (χ2n) is 4.43. The molecule has 2 atom stereocenters. The molecule has 19 heavy (non-hydrogen) atoms. The van der Waals surface area contributed by atoms with E-state index >= 15 is 0 Å². The van der Waals surface area contributed by atoms with Gasteiger partial charge >= 0.3 is 6.36 Å². The van der Waals surface area contributed by atoms with E-state index in [0.717, 1.165) is 12.0 Å². The SMILES string of the molecule is C=CCC(C)NC(C)c1ccc(OC(F)(F)F)cc1. The third kappa shape index (κ3) is 5.79. The minimum absolute atomic E-state index is 0.0508. The molecule has 0 fully saturated rings. The number of nitrogens with one attached hydrogen (secondary N) is 1. The number of halogens is 3. The lowest BCUT2D eigenvalue weighted by molar-refractivity contribution is -0.274. The first-order chi connectivity index (χ1) is 8.81. The van der Waals surface area contributed by atoms with E-state index in [1.165, 1.54) is 12.1 Å². The predicted molar refractivity (Wildman–Crippen MR) is 69.0 cm³/mol. The number of rotatable bonds is 6. The summed E-state index contributed by atoms with van der Waals surface area (Å²) in [6.45, 7) is 7.65. The highest BCUT2D eigenvalue weighted by Crippen LogP contribution is 2.24. The summed E-state index contributed by atoms with van der Waals surface area (Å²) >= 11 is 0. The fourth-order valence-electron chi connectivity index (χ4n) is 1.80. The molecule has 1 N–H and O–H groups in total. The van der Waals surface area contributed by atoms with Gasteiger partial charge in [0.2, 0.25) is 0 Å². The molecule has 0 spiro atoms. The maximum absolute atomic E-state index is 12.0. The summed E-state index contributed by atoms with van der Waals surface area (Å²) < 4.78 is 39.9. The van der Waals surface area contributed by atoms with E-state index in [-0.39, 0.29) is 17.8 Å². The molecule has 1 aromatic carbocycles. The first-order valence-electron chi connectivity index (χ1n) is 6.04. The van der Waals surface area contributed by atoms with E-state index in [0.29, 0.717) is 0 Å². The molecule has 1 aromatic rings. The van der Waals surface area contributed by atoms with Gasteiger partial charge in [-0.05, 0) is 38.0 Å². The van der Waals surface area contributed by atoms with Crippen LogP contribution in [0.2, 0.25) is 0 Å². The Hall–Kier alpha value is -1.49. The van der Waals surface area contributed by atoms with Crippen LogP contribution in [-0.2, 0) is 0 Å². The molecule has 0 saturated heterocycles. The molecule has 1 rings (SSSR count). The molecular formula is C14H18F3NO. The van der Waals surface area contributed by atoms with Crippen LogP contribution in [0.5, 0.6) is 5.75 Å². The van der Waals surface area contributed by atoms with Crippen molar-refractivity contribution in [1.82, 2.24) is 5.32 Å². The summed E-state index contributed by atoms with van der Waals surface area (Å²) in [5.74, 6) is -0.206. The molecule has 0 aromatic heterocycles. The lowest BCUT2D eigenvalue weighted by Crippen LogP contribution is -2.28. The van der Waals surface area contributed by atoms with Crippen LogP contribution in [0.3, 0.4) is 0 Å². The van der Waals surface area contributed by atoms with E-state index in [4.69, 9.17) is 0 Å². The molecule has 2 unspecified atom stereocenters. The highest BCUT2D eigenvalue weighted by molar-refractivity contribution is 5.29. The summed E-state index contributed by atoms with van der Waals surface area (Å²) in [5, 5.41) is 3.33. The van der Waals surface area contributed by atoms with E-state index < -0.39 is 6.36 Å². The third-order valence-electron chi connectivity index (χ3n) is 2.67. The van der Waals surface area contributed by atoms with Crippen LogP contribution in [0.4, 0.5) is 13.2 Å². The van der Waals surface area contributed by atoms with Crippen molar-refractivity contribution >= 4 is 0 Å². The smallest absolute Gasteiger partial charge is 0.406 e. The minimum Gasteiger partial charge on any atom is -0.406 e. The van der Waals surface area contributed by atoms with Crippen LogP contribution in [-0.4, -0.2) is 12.4 Å². The fraction of sp³-hybridized carbons (Fsp3) is 0.429. The normalized spacial score (nSPS) is 14.8. The molecular weight excluding hydrogens is 255 g/mol. The number of alkyl halides is 3. The highest BCUT2D eigenvalue weighted by Gasteiger charge is 2.31. The van der Waals surface area contributed by atoms with Gasteiger partial charge in [-0.3, -0.25) is 0 Å². The number of hydrogen-bond acceptors (Lipinski definition) is 2. The number of benzene rings is 1. The zero-order chi connectivity index (χ0) is 14.5. The van der Waals surface area contributed by atoms with Crippen molar-refractivity contribution < 1.29 is 17.9 Å². The lowest BCUT2D eigenvalue weighted by Gasteiger charge is -2.19. The quantitative estimate of drug-likeness (QED) is 0.784. The molecule has 5 heteroatoms. The topological polar surface area (TPSA) is 21.3 Å². The zero-order valence-electron chi connectivity index (χ0n) is 11.0. The van der Waals surface area contributed by atoms with Crippen molar-refractivity contribution in [2.24, 2.45) is 0 Å². The average Bonchev–Trinajstić information content (AvgIpc) is 2.27. The Labute approximate surface area is 111 Å². The molecule has 2 nitrogen and oxygen atoms in total. The van der Waals surface area contributed by atoms with Crippen molar-refractivity contribution in [3.63, 3.8) is 0 Å². The summed E-state index contributed by atoms with van der Waals surface area (Å²) in [6.07, 6.45) is -1.99. The Morgan fingerprint density at radius 2 is 1.84 bits per heavy atom. The van der Waals surface area contributed by atoms with Gasteiger partial charge in [0.1, 0.15) is 5.75 Å². The monoisotopic (exact) mass is 273 g/mol. The Morgan fingerprint density at radius 1 is 1.26 bits per heavy atom. The standard InChI is InChI=1S/C14H18F3NO/c1-4-5-10(2)18-11(3)12-6-8-13(9-7-12)19-14(15,16)17/h4,6-11,18H,1,5H2,2-3H3. The summed E-state index contributed by atoms with van der Waals surface area (Å²) in [5.41, 5.74) is 0.908. The molecule has 0 bridgehead atoms. The van der Waals surface area contributed by atoms with E-state index in [2.05, 4.69) is 16.6 Å². The highest BCUT2D eigenvalue weighted by atomic mass is 19.4. The second kappa shape index (κ2) is 6.61. The van der Waals surface area contributed by atoms with Gasteiger partial charge in [0.25, 0.3) is 0 Å². The largest absolute Gasteiger partial charge is 0.573 e. The maximum Gasteiger partial charge on any atom is 0.573 e.